The Hall–Kier alpha value is -0.900. The molecule has 1 saturated heterocycles. The minimum Gasteiger partial charge on any atom is -0.323 e. The zero-order valence-electron chi connectivity index (χ0n) is 12.5. The Kier molecular flexibility index (Phi) is 4.97. The van der Waals surface area contributed by atoms with Crippen LogP contribution in [0.25, 0.3) is 0 Å². The summed E-state index contributed by atoms with van der Waals surface area (Å²) in [5.41, 5.74) is 8.91. The highest BCUT2D eigenvalue weighted by Gasteiger charge is 2.26. The summed E-state index contributed by atoms with van der Waals surface area (Å²) < 4.78 is 0. The van der Waals surface area contributed by atoms with Crippen LogP contribution in [0.5, 0.6) is 0 Å². The molecule has 3 heteroatoms. The van der Waals surface area contributed by atoms with Crippen molar-refractivity contribution in [2.24, 2.45) is 5.73 Å². The maximum Gasteiger partial charge on any atom is 0.0424 e. The molecule has 3 nitrogen and oxygen atoms in total. The number of nitrogens with zero attached hydrogens (tertiary/aromatic N) is 2. The standard InChI is InChI=1S/C16H27N3/c1-13-6-8-14(9-7-13)16(17)12-19-10-4-5-15(19)11-18(2)3/h6-9,15-16H,4-5,10-12,17H2,1-3H3. The van der Waals surface area contributed by atoms with Crippen molar-refractivity contribution in [3.8, 4) is 0 Å². The Bertz CT molecular complexity index is 385. The Morgan fingerprint density at radius 3 is 2.63 bits per heavy atom. The Balaban J connectivity index is 1.94. The average molecular weight is 261 g/mol. The van der Waals surface area contributed by atoms with E-state index in [9.17, 15) is 0 Å². The molecule has 1 aromatic carbocycles. The van der Waals surface area contributed by atoms with E-state index >= 15 is 0 Å². The molecule has 0 bridgehead atoms. The van der Waals surface area contributed by atoms with Crippen molar-refractivity contribution in [3.05, 3.63) is 35.4 Å². The fourth-order valence-corrected chi connectivity index (χ4v) is 2.94. The highest BCUT2D eigenvalue weighted by molar-refractivity contribution is 5.24. The smallest absolute Gasteiger partial charge is 0.0424 e. The highest BCUT2D eigenvalue weighted by atomic mass is 15.2. The van der Waals surface area contributed by atoms with Crippen LogP contribution in [0.1, 0.15) is 30.0 Å². The first kappa shape index (κ1) is 14.5. The van der Waals surface area contributed by atoms with Gasteiger partial charge in [0.2, 0.25) is 0 Å². The number of likely N-dealkylation sites (tertiary alicyclic amines) is 1. The van der Waals surface area contributed by atoms with Gasteiger partial charge in [-0.2, -0.15) is 0 Å². The van der Waals surface area contributed by atoms with Crippen LogP contribution in [-0.2, 0) is 0 Å². The summed E-state index contributed by atoms with van der Waals surface area (Å²) in [5, 5.41) is 0. The average Bonchev–Trinajstić information content (AvgIpc) is 2.76. The predicted molar refractivity (Wildman–Crippen MR) is 81.3 cm³/mol. The predicted octanol–water partition coefficient (Wildman–Crippen LogP) is 2.02. The normalized spacial score (nSPS) is 22.1. The van der Waals surface area contributed by atoms with Crippen molar-refractivity contribution in [2.75, 3.05) is 33.7 Å². The van der Waals surface area contributed by atoms with Gasteiger partial charge in [-0.15, -0.1) is 0 Å². The lowest BCUT2D eigenvalue weighted by molar-refractivity contribution is 0.198. The molecule has 0 spiro atoms. The van der Waals surface area contributed by atoms with Gasteiger partial charge in [0.05, 0.1) is 0 Å². The van der Waals surface area contributed by atoms with Crippen LogP contribution >= 0.6 is 0 Å². The second-order valence-electron chi connectivity index (χ2n) is 6.07. The van der Waals surface area contributed by atoms with Crippen LogP contribution < -0.4 is 5.73 Å². The van der Waals surface area contributed by atoms with Gasteiger partial charge >= 0.3 is 0 Å². The SMILES string of the molecule is Cc1ccc(C(N)CN2CCCC2CN(C)C)cc1. The van der Waals surface area contributed by atoms with Gasteiger partial charge in [-0.3, -0.25) is 4.90 Å². The molecule has 1 aliphatic rings. The van der Waals surface area contributed by atoms with Crippen molar-refractivity contribution in [1.29, 1.82) is 0 Å². The zero-order valence-corrected chi connectivity index (χ0v) is 12.5. The van der Waals surface area contributed by atoms with Crippen LogP contribution in [0, 0.1) is 6.92 Å². The maximum atomic E-state index is 6.36. The van der Waals surface area contributed by atoms with Gasteiger partial charge in [-0.1, -0.05) is 29.8 Å². The summed E-state index contributed by atoms with van der Waals surface area (Å²) in [6.07, 6.45) is 2.61. The second-order valence-corrected chi connectivity index (χ2v) is 6.07. The molecule has 2 unspecified atom stereocenters. The number of likely N-dealkylation sites (N-methyl/N-ethyl adjacent to an activating group) is 1. The molecule has 0 radical (unpaired) electrons. The first-order valence-corrected chi connectivity index (χ1v) is 7.27. The van der Waals surface area contributed by atoms with Crippen molar-refractivity contribution in [3.63, 3.8) is 0 Å². The van der Waals surface area contributed by atoms with E-state index < -0.39 is 0 Å². The lowest BCUT2D eigenvalue weighted by atomic mass is 10.1. The lowest BCUT2D eigenvalue weighted by Gasteiger charge is -2.29. The molecule has 0 saturated carbocycles. The first-order valence-electron chi connectivity index (χ1n) is 7.27. The molecule has 106 valence electrons. The number of nitrogens with two attached hydrogens (primary N) is 1. The molecule has 1 aliphatic heterocycles. The zero-order chi connectivity index (χ0) is 13.8. The molecule has 0 amide bonds. The van der Waals surface area contributed by atoms with Gasteiger partial charge in [0.25, 0.3) is 0 Å². The summed E-state index contributed by atoms with van der Waals surface area (Å²) in [6, 6.07) is 9.43. The summed E-state index contributed by atoms with van der Waals surface area (Å²) in [4.78, 5) is 4.84. The van der Waals surface area contributed by atoms with Gasteiger partial charge in [0.1, 0.15) is 0 Å². The molecule has 0 aliphatic carbocycles. The summed E-state index contributed by atoms with van der Waals surface area (Å²) >= 11 is 0. The van der Waals surface area contributed by atoms with E-state index in [1.54, 1.807) is 0 Å². The molecule has 2 N–H and O–H groups in total. The minimum atomic E-state index is 0.128. The molecule has 19 heavy (non-hydrogen) atoms. The van der Waals surface area contributed by atoms with E-state index in [4.69, 9.17) is 5.73 Å². The topological polar surface area (TPSA) is 32.5 Å². The van der Waals surface area contributed by atoms with Crippen molar-refractivity contribution in [2.45, 2.75) is 31.8 Å². The third kappa shape index (κ3) is 4.03. The molecule has 0 aromatic heterocycles. The van der Waals surface area contributed by atoms with Gasteiger partial charge in [0.15, 0.2) is 0 Å². The Labute approximate surface area is 117 Å². The van der Waals surface area contributed by atoms with Crippen molar-refractivity contribution >= 4 is 0 Å². The molecule has 1 aromatic rings. The molecule has 1 heterocycles. The fourth-order valence-electron chi connectivity index (χ4n) is 2.94. The van der Waals surface area contributed by atoms with E-state index in [2.05, 4.69) is 55.1 Å². The number of benzene rings is 1. The first-order chi connectivity index (χ1) is 9.06. The van der Waals surface area contributed by atoms with Crippen molar-refractivity contribution < 1.29 is 0 Å². The van der Waals surface area contributed by atoms with E-state index in [0.717, 1.165) is 13.1 Å². The van der Waals surface area contributed by atoms with E-state index in [0.29, 0.717) is 6.04 Å². The van der Waals surface area contributed by atoms with E-state index in [1.807, 2.05) is 0 Å². The fraction of sp³-hybridized carbons (Fsp3) is 0.625. The van der Waals surface area contributed by atoms with Crippen LogP contribution in [0.4, 0.5) is 0 Å². The van der Waals surface area contributed by atoms with Crippen LogP contribution in [0.3, 0.4) is 0 Å². The Morgan fingerprint density at radius 2 is 2.00 bits per heavy atom. The van der Waals surface area contributed by atoms with Gasteiger partial charge in [-0.05, 0) is 46.0 Å². The molecular weight excluding hydrogens is 234 g/mol. The van der Waals surface area contributed by atoms with Gasteiger partial charge in [0, 0.05) is 25.2 Å². The second kappa shape index (κ2) is 6.51. The van der Waals surface area contributed by atoms with Crippen LogP contribution in [-0.4, -0.2) is 49.6 Å². The summed E-state index contributed by atoms with van der Waals surface area (Å²) in [6.45, 7) is 5.42. The van der Waals surface area contributed by atoms with E-state index in [-0.39, 0.29) is 6.04 Å². The van der Waals surface area contributed by atoms with Crippen LogP contribution in [0.15, 0.2) is 24.3 Å². The number of aryl methyl sites for hydroxylation is 1. The van der Waals surface area contributed by atoms with E-state index in [1.165, 1.54) is 30.5 Å². The molecular formula is C16H27N3. The monoisotopic (exact) mass is 261 g/mol. The van der Waals surface area contributed by atoms with Gasteiger partial charge in [-0.25, -0.2) is 0 Å². The van der Waals surface area contributed by atoms with Gasteiger partial charge < -0.3 is 10.6 Å². The number of hydrogen-bond acceptors (Lipinski definition) is 3. The van der Waals surface area contributed by atoms with Crippen LogP contribution in [0.2, 0.25) is 0 Å². The third-order valence-electron chi connectivity index (χ3n) is 4.01. The largest absolute Gasteiger partial charge is 0.323 e. The highest BCUT2D eigenvalue weighted by Crippen LogP contribution is 2.21. The van der Waals surface area contributed by atoms with Crippen molar-refractivity contribution in [1.82, 2.24) is 9.80 Å². The minimum absolute atomic E-state index is 0.128. The quantitative estimate of drug-likeness (QED) is 0.880. The number of rotatable bonds is 5. The summed E-state index contributed by atoms with van der Waals surface area (Å²) in [7, 11) is 4.30. The number of hydrogen-bond donors (Lipinski definition) is 1. The summed E-state index contributed by atoms with van der Waals surface area (Å²) in [5.74, 6) is 0. The molecule has 2 atom stereocenters. The lowest BCUT2D eigenvalue weighted by Crippen LogP contribution is -2.41. The molecule has 2 rings (SSSR count). The molecule has 1 fully saturated rings. The third-order valence-corrected chi connectivity index (χ3v) is 4.01. The Morgan fingerprint density at radius 1 is 1.32 bits per heavy atom. The maximum absolute atomic E-state index is 6.36.